The average Bonchev–Trinajstić information content (AvgIpc) is 3.22. The summed E-state index contributed by atoms with van der Waals surface area (Å²) in [4.78, 5) is 53.3. The molecule has 0 radical (unpaired) electrons. The Labute approximate surface area is 188 Å². The summed E-state index contributed by atoms with van der Waals surface area (Å²) in [5, 5.41) is 5.07. The monoisotopic (exact) mass is 475 g/mol. The van der Waals surface area contributed by atoms with Crippen molar-refractivity contribution in [3.8, 4) is 0 Å². The minimum atomic E-state index is -5.00. The fourth-order valence-corrected chi connectivity index (χ4v) is 3.92. The number of nitrogens with one attached hydrogen (secondary N) is 2. The molecule has 2 heterocycles. The summed E-state index contributed by atoms with van der Waals surface area (Å²) < 4.78 is 46.1. The van der Waals surface area contributed by atoms with E-state index in [0.717, 1.165) is 19.3 Å². The van der Waals surface area contributed by atoms with Crippen molar-refractivity contribution in [3.63, 3.8) is 0 Å². The molecule has 0 aromatic heterocycles. The van der Waals surface area contributed by atoms with Gasteiger partial charge >= 0.3 is 6.36 Å². The van der Waals surface area contributed by atoms with Crippen LogP contribution in [0.3, 0.4) is 0 Å². The van der Waals surface area contributed by atoms with Gasteiger partial charge < -0.3 is 15.4 Å². The van der Waals surface area contributed by atoms with Crippen molar-refractivity contribution in [1.82, 2.24) is 10.6 Å². The molecule has 2 aliphatic heterocycles. The van der Waals surface area contributed by atoms with E-state index in [4.69, 9.17) is 4.74 Å². The van der Waals surface area contributed by atoms with Gasteiger partial charge in [0, 0.05) is 25.3 Å². The molecular formula is C21H28F3N3O6. The number of rotatable bonds is 11. The highest BCUT2D eigenvalue weighted by molar-refractivity contribution is 6.00. The third kappa shape index (κ3) is 8.18. The first-order chi connectivity index (χ1) is 15.6. The lowest BCUT2D eigenvalue weighted by molar-refractivity contribution is -0.321. The molecule has 3 amide bonds. The number of carbonyl (C=O) groups is 4. The number of hydrogen-bond acceptors (Lipinski definition) is 6. The Hall–Kier alpha value is -2.34. The summed E-state index contributed by atoms with van der Waals surface area (Å²) >= 11 is 0. The molecule has 0 aromatic rings. The maximum Gasteiger partial charge on any atom is 0.522 e. The molecule has 0 bridgehead atoms. The minimum Gasteiger partial charge on any atom is -0.368 e. The SMILES string of the molecule is O=C(N[C@@H](C[C@@H]1CCNC1=O)C(=O)COC(F)(F)F)C(C=NC(=O)[C@H]1CCCO1)CC1CC1. The van der Waals surface area contributed by atoms with E-state index >= 15 is 0 Å². The Balaban J connectivity index is 1.67. The van der Waals surface area contributed by atoms with E-state index in [1.54, 1.807) is 0 Å². The van der Waals surface area contributed by atoms with Crippen LogP contribution in [0.2, 0.25) is 0 Å². The normalized spacial score (nSPS) is 25.1. The lowest BCUT2D eigenvalue weighted by Crippen LogP contribution is -2.47. The Bertz CT molecular complexity index is 778. The third-order valence-electron chi connectivity index (χ3n) is 5.97. The Morgan fingerprint density at radius 2 is 1.97 bits per heavy atom. The first-order valence-electron chi connectivity index (χ1n) is 11.1. The van der Waals surface area contributed by atoms with Crippen molar-refractivity contribution in [2.24, 2.45) is 22.7 Å². The Morgan fingerprint density at radius 1 is 1.21 bits per heavy atom. The second-order valence-electron chi connectivity index (χ2n) is 8.68. The second kappa shape index (κ2) is 11.2. The molecular weight excluding hydrogens is 447 g/mol. The van der Waals surface area contributed by atoms with Crippen LogP contribution in [0.4, 0.5) is 13.2 Å². The molecule has 0 spiro atoms. The molecule has 3 aliphatic rings. The predicted octanol–water partition coefficient (Wildman–Crippen LogP) is 1.30. The molecule has 9 nitrogen and oxygen atoms in total. The van der Waals surface area contributed by atoms with E-state index in [2.05, 4.69) is 20.4 Å². The molecule has 33 heavy (non-hydrogen) atoms. The fourth-order valence-electron chi connectivity index (χ4n) is 3.92. The van der Waals surface area contributed by atoms with Crippen molar-refractivity contribution in [1.29, 1.82) is 0 Å². The van der Waals surface area contributed by atoms with Gasteiger partial charge in [0.05, 0.1) is 12.0 Å². The molecule has 3 fully saturated rings. The maximum absolute atomic E-state index is 13.0. The fraction of sp³-hybridized carbons (Fsp3) is 0.762. The van der Waals surface area contributed by atoms with Gasteiger partial charge in [0.25, 0.3) is 5.91 Å². The molecule has 1 saturated carbocycles. The number of ketones is 1. The molecule has 1 aliphatic carbocycles. The molecule has 0 aromatic carbocycles. The first-order valence-corrected chi connectivity index (χ1v) is 11.1. The van der Waals surface area contributed by atoms with Crippen molar-refractivity contribution < 1.29 is 41.8 Å². The van der Waals surface area contributed by atoms with Gasteiger partial charge in [-0.2, -0.15) is 0 Å². The van der Waals surface area contributed by atoms with E-state index in [9.17, 15) is 32.3 Å². The number of amides is 3. The van der Waals surface area contributed by atoms with Crippen LogP contribution < -0.4 is 10.6 Å². The number of nitrogens with zero attached hydrogens (tertiary/aromatic N) is 1. The zero-order chi connectivity index (χ0) is 24.0. The van der Waals surface area contributed by atoms with Crippen LogP contribution in [0.1, 0.15) is 44.9 Å². The van der Waals surface area contributed by atoms with Crippen molar-refractivity contribution in [2.75, 3.05) is 19.8 Å². The average molecular weight is 475 g/mol. The van der Waals surface area contributed by atoms with Crippen molar-refractivity contribution in [3.05, 3.63) is 0 Å². The van der Waals surface area contributed by atoms with Gasteiger partial charge in [-0.1, -0.05) is 12.8 Å². The highest BCUT2D eigenvalue weighted by atomic mass is 19.4. The Morgan fingerprint density at radius 3 is 2.55 bits per heavy atom. The van der Waals surface area contributed by atoms with Gasteiger partial charge in [0.1, 0.15) is 12.7 Å². The zero-order valence-electron chi connectivity index (χ0n) is 18.1. The Kier molecular flexibility index (Phi) is 8.57. The standard InChI is InChI=1S/C21H28F3N3O6/c22-21(23,24)33-11-16(28)15(9-13-5-6-25-18(13)29)27-19(30)14(8-12-3-4-12)10-26-20(31)17-2-1-7-32-17/h10,12-15,17H,1-9,11H2,(H,25,29)(H,27,30)/t13-,14?,15-,17+/m0/s1. The smallest absolute Gasteiger partial charge is 0.368 e. The molecule has 2 saturated heterocycles. The number of aliphatic imine (C=N–C) groups is 1. The number of hydrogen-bond donors (Lipinski definition) is 2. The lowest BCUT2D eigenvalue weighted by Gasteiger charge is -2.22. The van der Waals surface area contributed by atoms with E-state index in [-0.39, 0.29) is 18.2 Å². The maximum atomic E-state index is 13.0. The first kappa shape index (κ1) is 25.3. The van der Waals surface area contributed by atoms with Crippen LogP contribution in [0.25, 0.3) is 0 Å². The van der Waals surface area contributed by atoms with Gasteiger partial charge in [-0.05, 0) is 38.0 Å². The summed E-state index contributed by atoms with van der Waals surface area (Å²) in [5.74, 6) is -3.60. The number of alkyl halides is 3. The van der Waals surface area contributed by atoms with Crippen LogP contribution in [0, 0.1) is 17.8 Å². The van der Waals surface area contributed by atoms with Gasteiger partial charge in [-0.3, -0.25) is 23.9 Å². The number of ether oxygens (including phenoxy) is 2. The highest BCUT2D eigenvalue weighted by Gasteiger charge is 2.36. The lowest BCUT2D eigenvalue weighted by atomic mass is 9.94. The number of Topliss-reactive ketones (excluding diaryl/α,β-unsaturated/α-hetero) is 1. The molecule has 4 atom stereocenters. The van der Waals surface area contributed by atoms with Crippen LogP contribution in [-0.2, 0) is 28.7 Å². The number of halogens is 3. The van der Waals surface area contributed by atoms with Gasteiger partial charge in [-0.15, -0.1) is 13.2 Å². The van der Waals surface area contributed by atoms with Crippen molar-refractivity contribution in [2.45, 2.75) is 63.5 Å². The summed E-state index contributed by atoms with van der Waals surface area (Å²) in [5.41, 5.74) is 0. The zero-order valence-corrected chi connectivity index (χ0v) is 18.1. The van der Waals surface area contributed by atoms with Crippen LogP contribution in [0.5, 0.6) is 0 Å². The van der Waals surface area contributed by atoms with Crippen LogP contribution in [0.15, 0.2) is 4.99 Å². The van der Waals surface area contributed by atoms with Crippen LogP contribution >= 0.6 is 0 Å². The van der Waals surface area contributed by atoms with E-state index in [1.807, 2.05) is 0 Å². The summed E-state index contributed by atoms with van der Waals surface area (Å²) in [6, 6.07) is -1.34. The molecule has 184 valence electrons. The highest BCUT2D eigenvalue weighted by Crippen LogP contribution is 2.35. The predicted molar refractivity (Wildman–Crippen MR) is 108 cm³/mol. The van der Waals surface area contributed by atoms with Gasteiger partial charge in [0.15, 0.2) is 5.78 Å². The summed E-state index contributed by atoms with van der Waals surface area (Å²) in [6.07, 6.45) is -0.611. The van der Waals surface area contributed by atoms with Gasteiger partial charge in [-0.25, -0.2) is 4.99 Å². The summed E-state index contributed by atoms with van der Waals surface area (Å²) in [7, 11) is 0. The largest absolute Gasteiger partial charge is 0.522 e. The quantitative estimate of drug-likeness (QED) is 0.434. The number of carbonyl (C=O) groups excluding carboxylic acids is 4. The summed E-state index contributed by atoms with van der Waals surface area (Å²) in [6.45, 7) is -0.419. The van der Waals surface area contributed by atoms with Crippen molar-refractivity contribution >= 4 is 29.7 Å². The molecule has 2 N–H and O–H groups in total. The topological polar surface area (TPSA) is 123 Å². The van der Waals surface area contributed by atoms with E-state index in [1.165, 1.54) is 6.21 Å². The second-order valence-corrected chi connectivity index (χ2v) is 8.68. The minimum absolute atomic E-state index is 0.139. The van der Waals surface area contributed by atoms with E-state index < -0.39 is 54.5 Å². The van der Waals surface area contributed by atoms with E-state index in [0.29, 0.717) is 32.4 Å². The van der Waals surface area contributed by atoms with Crippen LogP contribution in [-0.4, -0.2) is 68.0 Å². The van der Waals surface area contributed by atoms with Gasteiger partial charge in [0.2, 0.25) is 11.8 Å². The third-order valence-corrected chi connectivity index (χ3v) is 5.97. The molecule has 3 rings (SSSR count). The molecule has 12 heteroatoms. The molecule has 1 unspecified atom stereocenters.